The summed E-state index contributed by atoms with van der Waals surface area (Å²) in [6, 6.07) is 0. The standard InChI is InChI=1S/C14H25NO/c1-15(2)9-13(16)14-6-10-3-11(7-14)5-12(4-10)8-14/h10-13,16H,3-9H2,1-2H3/t10?,11?,12?,13-,14?/m0/s1. The van der Waals surface area contributed by atoms with Crippen LogP contribution in [-0.4, -0.2) is 36.8 Å². The maximum absolute atomic E-state index is 10.5. The zero-order valence-electron chi connectivity index (χ0n) is 10.7. The summed E-state index contributed by atoms with van der Waals surface area (Å²) in [6.07, 6.45) is 8.25. The highest BCUT2D eigenvalue weighted by molar-refractivity contribution is 5.04. The van der Waals surface area contributed by atoms with Crippen molar-refractivity contribution in [1.29, 1.82) is 0 Å². The molecular weight excluding hydrogens is 198 g/mol. The van der Waals surface area contributed by atoms with E-state index in [4.69, 9.17) is 0 Å². The lowest BCUT2D eigenvalue weighted by Crippen LogP contribution is -2.53. The zero-order valence-corrected chi connectivity index (χ0v) is 10.7. The fraction of sp³-hybridized carbons (Fsp3) is 1.00. The largest absolute Gasteiger partial charge is 0.391 e. The van der Waals surface area contributed by atoms with E-state index in [1.165, 1.54) is 38.5 Å². The molecule has 0 spiro atoms. The van der Waals surface area contributed by atoms with Crippen LogP contribution in [-0.2, 0) is 0 Å². The van der Waals surface area contributed by atoms with Crippen LogP contribution in [0.15, 0.2) is 0 Å². The molecule has 16 heavy (non-hydrogen) atoms. The van der Waals surface area contributed by atoms with Crippen LogP contribution in [0.1, 0.15) is 38.5 Å². The molecular formula is C14H25NO. The van der Waals surface area contributed by atoms with E-state index < -0.39 is 0 Å². The molecule has 0 aromatic rings. The predicted molar refractivity (Wildman–Crippen MR) is 65.2 cm³/mol. The molecule has 4 aliphatic rings. The van der Waals surface area contributed by atoms with Crippen molar-refractivity contribution in [3.05, 3.63) is 0 Å². The smallest absolute Gasteiger partial charge is 0.0723 e. The van der Waals surface area contributed by atoms with Crippen molar-refractivity contribution in [3.63, 3.8) is 0 Å². The molecule has 0 heterocycles. The van der Waals surface area contributed by atoms with Crippen LogP contribution in [0.25, 0.3) is 0 Å². The average Bonchev–Trinajstić information content (AvgIpc) is 2.13. The van der Waals surface area contributed by atoms with E-state index in [0.717, 1.165) is 24.3 Å². The minimum atomic E-state index is -0.0871. The van der Waals surface area contributed by atoms with E-state index in [9.17, 15) is 5.11 Å². The van der Waals surface area contributed by atoms with Gasteiger partial charge in [0.1, 0.15) is 0 Å². The molecule has 2 nitrogen and oxygen atoms in total. The molecule has 0 radical (unpaired) electrons. The van der Waals surface area contributed by atoms with Gasteiger partial charge >= 0.3 is 0 Å². The molecule has 4 rings (SSSR count). The highest BCUT2D eigenvalue weighted by Crippen LogP contribution is 2.61. The SMILES string of the molecule is CN(C)C[C@H](O)C12CC3CC(CC(C3)C1)C2. The first-order valence-electron chi connectivity index (χ1n) is 6.90. The van der Waals surface area contributed by atoms with Crippen molar-refractivity contribution in [2.75, 3.05) is 20.6 Å². The summed E-state index contributed by atoms with van der Waals surface area (Å²) in [5, 5.41) is 10.5. The third-order valence-corrected chi connectivity index (χ3v) is 5.33. The zero-order chi connectivity index (χ0) is 11.3. The van der Waals surface area contributed by atoms with Crippen molar-refractivity contribution in [2.24, 2.45) is 23.2 Å². The molecule has 92 valence electrons. The van der Waals surface area contributed by atoms with Gasteiger partial charge in [0, 0.05) is 6.54 Å². The second-order valence-corrected chi connectivity index (χ2v) is 7.06. The molecule has 4 fully saturated rings. The number of aliphatic hydroxyl groups is 1. The summed E-state index contributed by atoms with van der Waals surface area (Å²) in [7, 11) is 4.15. The van der Waals surface area contributed by atoms with Crippen molar-refractivity contribution < 1.29 is 5.11 Å². The number of nitrogens with zero attached hydrogens (tertiary/aromatic N) is 1. The quantitative estimate of drug-likeness (QED) is 0.792. The Labute approximate surface area is 99.0 Å². The van der Waals surface area contributed by atoms with Crippen LogP contribution >= 0.6 is 0 Å². The first kappa shape index (κ1) is 11.0. The first-order valence-corrected chi connectivity index (χ1v) is 6.90. The summed E-state index contributed by atoms with van der Waals surface area (Å²) in [6.45, 7) is 0.853. The first-order chi connectivity index (χ1) is 7.57. The molecule has 0 aliphatic heterocycles. The number of rotatable bonds is 3. The number of hydrogen-bond acceptors (Lipinski definition) is 2. The van der Waals surface area contributed by atoms with E-state index in [2.05, 4.69) is 19.0 Å². The molecule has 1 N–H and O–H groups in total. The fourth-order valence-electron chi connectivity index (χ4n) is 5.13. The summed E-state index contributed by atoms with van der Waals surface area (Å²) >= 11 is 0. The Morgan fingerprint density at radius 2 is 1.50 bits per heavy atom. The van der Waals surface area contributed by atoms with Crippen LogP contribution in [0.2, 0.25) is 0 Å². The Balaban J connectivity index is 1.77. The van der Waals surface area contributed by atoms with E-state index in [0.29, 0.717) is 5.41 Å². The second kappa shape index (κ2) is 3.71. The van der Waals surface area contributed by atoms with E-state index in [1.54, 1.807) is 0 Å². The molecule has 1 atom stereocenters. The molecule has 0 aromatic carbocycles. The highest BCUT2D eigenvalue weighted by Gasteiger charge is 2.53. The lowest BCUT2D eigenvalue weighted by Gasteiger charge is -2.58. The Bertz CT molecular complexity index is 239. The third kappa shape index (κ3) is 1.70. The van der Waals surface area contributed by atoms with Gasteiger partial charge in [-0.05, 0) is 75.8 Å². The minimum absolute atomic E-state index is 0.0871. The molecule has 4 bridgehead atoms. The van der Waals surface area contributed by atoms with Crippen molar-refractivity contribution >= 4 is 0 Å². The third-order valence-electron chi connectivity index (χ3n) is 5.33. The summed E-state index contributed by atoms with van der Waals surface area (Å²) in [5.74, 6) is 2.84. The maximum atomic E-state index is 10.5. The van der Waals surface area contributed by atoms with Gasteiger partial charge < -0.3 is 10.0 Å². The molecule has 0 aromatic heterocycles. The Morgan fingerprint density at radius 1 is 1.06 bits per heavy atom. The van der Waals surface area contributed by atoms with Gasteiger partial charge in [0.25, 0.3) is 0 Å². The Kier molecular flexibility index (Phi) is 2.56. The lowest BCUT2D eigenvalue weighted by atomic mass is 9.48. The van der Waals surface area contributed by atoms with Crippen molar-refractivity contribution in [2.45, 2.75) is 44.6 Å². The molecule has 0 saturated heterocycles. The minimum Gasteiger partial charge on any atom is -0.391 e. The number of aliphatic hydroxyl groups excluding tert-OH is 1. The van der Waals surface area contributed by atoms with Crippen LogP contribution in [0.5, 0.6) is 0 Å². The normalized spacial score (nSPS) is 47.6. The van der Waals surface area contributed by atoms with Gasteiger partial charge in [0.05, 0.1) is 6.10 Å². The van der Waals surface area contributed by atoms with E-state index in [1.807, 2.05) is 0 Å². The van der Waals surface area contributed by atoms with Gasteiger partial charge in [-0.3, -0.25) is 0 Å². The Morgan fingerprint density at radius 3 is 1.88 bits per heavy atom. The average molecular weight is 223 g/mol. The van der Waals surface area contributed by atoms with Crippen LogP contribution in [0.4, 0.5) is 0 Å². The maximum Gasteiger partial charge on any atom is 0.0723 e. The molecule has 4 saturated carbocycles. The predicted octanol–water partition coefficient (Wildman–Crippen LogP) is 2.13. The lowest BCUT2D eigenvalue weighted by molar-refractivity contribution is -0.124. The molecule has 4 aliphatic carbocycles. The van der Waals surface area contributed by atoms with Crippen LogP contribution in [0, 0.1) is 23.2 Å². The van der Waals surface area contributed by atoms with E-state index in [-0.39, 0.29) is 6.10 Å². The summed E-state index contributed by atoms with van der Waals surface area (Å²) < 4.78 is 0. The monoisotopic (exact) mass is 223 g/mol. The van der Waals surface area contributed by atoms with E-state index >= 15 is 0 Å². The summed E-state index contributed by atoms with van der Waals surface area (Å²) in [4.78, 5) is 2.14. The molecule has 0 unspecified atom stereocenters. The van der Waals surface area contributed by atoms with Gasteiger partial charge in [0.15, 0.2) is 0 Å². The highest BCUT2D eigenvalue weighted by atomic mass is 16.3. The topological polar surface area (TPSA) is 23.5 Å². The van der Waals surface area contributed by atoms with Gasteiger partial charge in [-0.2, -0.15) is 0 Å². The van der Waals surface area contributed by atoms with Gasteiger partial charge in [-0.15, -0.1) is 0 Å². The van der Waals surface area contributed by atoms with Crippen molar-refractivity contribution in [1.82, 2.24) is 4.90 Å². The number of likely N-dealkylation sites (N-methyl/N-ethyl adjacent to an activating group) is 1. The van der Waals surface area contributed by atoms with Crippen LogP contribution in [0.3, 0.4) is 0 Å². The number of hydrogen-bond donors (Lipinski definition) is 1. The second-order valence-electron chi connectivity index (χ2n) is 7.06. The molecule has 2 heteroatoms. The summed E-state index contributed by atoms with van der Waals surface area (Å²) in [5.41, 5.74) is 0.305. The van der Waals surface area contributed by atoms with Gasteiger partial charge in [0.2, 0.25) is 0 Å². The Hall–Kier alpha value is -0.0800. The van der Waals surface area contributed by atoms with Crippen molar-refractivity contribution in [3.8, 4) is 0 Å². The molecule has 0 amide bonds. The van der Waals surface area contributed by atoms with Crippen LogP contribution < -0.4 is 0 Å². The fourth-order valence-corrected chi connectivity index (χ4v) is 5.13. The van der Waals surface area contributed by atoms with Gasteiger partial charge in [-0.1, -0.05) is 0 Å². The van der Waals surface area contributed by atoms with Gasteiger partial charge in [-0.25, -0.2) is 0 Å².